The van der Waals surface area contributed by atoms with Crippen LogP contribution in [0.5, 0.6) is 11.5 Å². The van der Waals surface area contributed by atoms with Crippen molar-refractivity contribution in [3.8, 4) is 11.5 Å². The highest BCUT2D eigenvalue weighted by Crippen LogP contribution is 2.54. The van der Waals surface area contributed by atoms with Crippen LogP contribution in [0.15, 0.2) is 60.7 Å². The van der Waals surface area contributed by atoms with Gasteiger partial charge in [-0.25, -0.2) is 0 Å². The van der Waals surface area contributed by atoms with Crippen molar-refractivity contribution in [3.05, 3.63) is 71.8 Å². The predicted octanol–water partition coefficient (Wildman–Crippen LogP) is 8.22. The maximum absolute atomic E-state index is 9.60. The number of hydrogen-bond donors (Lipinski definition) is 2. The molecule has 2 aliphatic rings. The van der Waals surface area contributed by atoms with Gasteiger partial charge in [-0.3, -0.25) is 0 Å². The maximum Gasteiger partial charge on any atom is 0.115 e. The van der Waals surface area contributed by atoms with Gasteiger partial charge in [0.05, 0.1) is 0 Å². The lowest BCUT2D eigenvalue weighted by Crippen LogP contribution is -2.42. The van der Waals surface area contributed by atoms with Crippen molar-refractivity contribution in [2.45, 2.75) is 65.7 Å². The fourth-order valence-electron chi connectivity index (χ4n) is 6.25. The molecule has 0 fully saturated rings. The molecule has 2 nitrogen and oxygen atoms in total. The van der Waals surface area contributed by atoms with E-state index in [4.69, 9.17) is 0 Å². The second-order valence-electron chi connectivity index (χ2n) is 10.2. The van der Waals surface area contributed by atoms with Crippen LogP contribution in [0.1, 0.15) is 76.8 Å². The van der Waals surface area contributed by atoms with E-state index in [1.807, 2.05) is 24.3 Å². The molecule has 2 heteroatoms. The van der Waals surface area contributed by atoms with Gasteiger partial charge >= 0.3 is 0 Å². The molecule has 2 aromatic carbocycles. The number of phenolic OH excluding ortho intramolecular Hbond substituents is 2. The van der Waals surface area contributed by atoms with Crippen LogP contribution < -0.4 is 0 Å². The Bertz CT molecular complexity index is 891. The van der Waals surface area contributed by atoms with Crippen molar-refractivity contribution in [1.82, 2.24) is 0 Å². The minimum absolute atomic E-state index is 0.336. The molecule has 0 bridgehead atoms. The van der Waals surface area contributed by atoms with Gasteiger partial charge < -0.3 is 10.2 Å². The SMILES string of the molecule is CCC(C)C(C)(C1CC=C(c2ccc(O)cc2)CC1)C1CC=C(c2ccc(O)cc2)CC1. The van der Waals surface area contributed by atoms with Gasteiger partial charge in [0.25, 0.3) is 0 Å². The summed E-state index contributed by atoms with van der Waals surface area (Å²) in [6.07, 6.45) is 13.2. The Morgan fingerprint density at radius 3 is 1.50 bits per heavy atom. The molecule has 0 aromatic heterocycles. The summed E-state index contributed by atoms with van der Waals surface area (Å²) in [4.78, 5) is 0. The lowest BCUT2D eigenvalue weighted by molar-refractivity contribution is 0.0151. The number of aromatic hydroxyl groups is 2. The van der Waals surface area contributed by atoms with E-state index < -0.39 is 0 Å². The molecule has 0 heterocycles. The zero-order chi connectivity index (χ0) is 22.7. The number of hydrogen-bond acceptors (Lipinski definition) is 2. The van der Waals surface area contributed by atoms with Gasteiger partial charge in [0.2, 0.25) is 0 Å². The minimum Gasteiger partial charge on any atom is -0.508 e. The molecule has 0 spiro atoms. The zero-order valence-electron chi connectivity index (χ0n) is 19.8. The molecular weight excluding hydrogens is 392 g/mol. The van der Waals surface area contributed by atoms with Crippen LogP contribution in [0.25, 0.3) is 11.1 Å². The van der Waals surface area contributed by atoms with Gasteiger partial charge in [0.15, 0.2) is 0 Å². The molecule has 170 valence electrons. The van der Waals surface area contributed by atoms with Crippen molar-refractivity contribution in [3.63, 3.8) is 0 Å². The van der Waals surface area contributed by atoms with Crippen molar-refractivity contribution >= 4 is 11.1 Å². The molecule has 0 amide bonds. The first-order chi connectivity index (χ1) is 15.4. The standard InChI is InChI=1S/C30H38O2/c1-4-21(2)30(3,26-13-5-22(6-14-26)24-9-17-28(31)18-10-24)27-15-7-23(8-16-27)25-11-19-29(32)20-12-25/h5,7,9-12,17-21,26-27,31-32H,4,6,8,13-16H2,1-3H3. The molecule has 2 N–H and O–H groups in total. The molecule has 0 saturated carbocycles. The molecule has 2 aliphatic carbocycles. The fourth-order valence-corrected chi connectivity index (χ4v) is 6.25. The summed E-state index contributed by atoms with van der Waals surface area (Å²) in [6, 6.07) is 15.4. The summed E-state index contributed by atoms with van der Waals surface area (Å²) in [6.45, 7) is 7.40. The first kappa shape index (κ1) is 22.7. The van der Waals surface area contributed by atoms with Crippen molar-refractivity contribution in [2.24, 2.45) is 23.2 Å². The third-order valence-corrected chi connectivity index (χ3v) is 8.73. The average molecular weight is 431 g/mol. The van der Waals surface area contributed by atoms with Gasteiger partial charge in [0.1, 0.15) is 11.5 Å². The molecule has 4 rings (SSSR count). The van der Waals surface area contributed by atoms with Crippen LogP contribution >= 0.6 is 0 Å². The second-order valence-corrected chi connectivity index (χ2v) is 10.2. The Morgan fingerprint density at radius 1 is 0.781 bits per heavy atom. The Hall–Kier alpha value is -2.48. The van der Waals surface area contributed by atoms with Gasteiger partial charge in [-0.2, -0.15) is 0 Å². The van der Waals surface area contributed by atoms with Gasteiger partial charge in [-0.05, 0) is 108 Å². The third kappa shape index (κ3) is 4.51. The number of rotatable bonds is 6. The van der Waals surface area contributed by atoms with E-state index in [9.17, 15) is 10.2 Å². The monoisotopic (exact) mass is 430 g/mol. The van der Waals surface area contributed by atoms with Crippen LogP contribution in [0, 0.1) is 23.2 Å². The Kier molecular flexibility index (Phi) is 6.79. The average Bonchev–Trinajstić information content (AvgIpc) is 2.84. The maximum atomic E-state index is 9.60. The zero-order valence-corrected chi connectivity index (χ0v) is 19.8. The molecule has 3 atom stereocenters. The fraction of sp³-hybridized carbons (Fsp3) is 0.467. The molecule has 0 radical (unpaired) electrons. The molecule has 3 unspecified atom stereocenters. The molecule has 32 heavy (non-hydrogen) atoms. The van der Waals surface area contributed by atoms with E-state index >= 15 is 0 Å². The summed E-state index contributed by atoms with van der Waals surface area (Å²) in [7, 11) is 0. The highest BCUT2D eigenvalue weighted by Gasteiger charge is 2.44. The van der Waals surface area contributed by atoms with Gasteiger partial charge in [-0.1, -0.05) is 63.6 Å². The third-order valence-electron chi connectivity index (χ3n) is 8.73. The van der Waals surface area contributed by atoms with Crippen LogP contribution in [-0.4, -0.2) is 10.2 Å². The van der Waals surface area contributed by atoms with E-state index in [1.54, 1.807) is 24.3 Å². The number of allylic oxidation sites excluding steroid dienone is 4. The van der Waals surface area contributed by atoms with Crippen LogP contribution in [0.4, 0.5) is 0 Å². The van der Waals surface area contributed by atoms with E-state index in [2.05, 4.69) is 32.9 Å². The number of benzene rings is 2. The van der Waals surface area contributed by atoms with Crippen LogP contribution in [-0.2, 0) is 0 Å². The summed E-state index contributed by atoms with van der Waals surface area (Å²) in [5.74, 6) is 2.80. The van der Waals surface area contributed by atoms with Gasteiger partial charge in [-0.15, -0.1) is 0 Å². The predicted molar refractivity (Wildman–Crippen MR) is 134 cm³/mol. The normalized spacial score (nSPS) is 24.2. The van der Waals surface area contributed by atoms with Crippen LogP contribution in [0.3, 0.4) is 0 Å². The molecule has 2 aromatic rings. The molecule has 0 saturated heterocycles. The summed E-state index contributed by atoms with van der Waals surface area (Å²) >= 11 is 0. The van der Waals surface area contributed by atoms with E-state index in [0.717, 1.165) is 25.7 Å². The first-order valence-corrected chi connectivity index (χ1v) is 12.4. The first-order valence-electron chi connectivity index (χ1n) is 12.4. The van der Waals surface area contributed by atoms with Crippen molar-refractivity contribution in [1.29, 1.82) is 0 Å². The lowest BCUT2D eigenvalue weighted by atomic mass is 9.55. The smallest absolute Gasteiger partial charge is 0.115 e. The Morgan fingerprint density at radius 2 is 1.19 bits per heavy atom. The summed E-state index contributed by atoms with van der Waals surface area (Å²) in [5.41, 5.74) is 5.72. The van der Waals surface area contributed by atoms with E-state index in [0.29, 0.717) is 34.7 Å². The highest BCUT2D eigenvalue weighted by molar-refractivity contribution is 5.67. The quantitative estimate of drug-likeness (QED) is 0.484. The largest absolute Gasteiger partial charge is 0.508 e. The van der Waals surface area contributed by atoms with E-state index in [1.165, 1.54) is 41.5 Å². The molecule has 0 aliphatic heterocycles. The van der Waals surface area contributed by atoms with Crippen LogP contribution in [0.2, 0.25) is 0 Å². The summed E-state index contributed by atoms with van der Waals surface area (Å²) in [5, 5.41) is 19.2. The second kappa shape index (κ2) is 9.57. The minimum atomic E-state index is 0.336. The summed E-state index contributed by atoms with van der Waals surface area (Å²) < 4.78 is 0. The molecular formula is C30H38O2. The number of phenols is 2. The van der Waals surface area contributed by atoms with Crippen molar-refractivity contribution in [2.75, 3.05) is 0 Å². The topological polar surface area (TPSA) is 40.5 Å². The lowest BCUT2D eigenvalue weighted by Gasteiger charge is -2.50. The van der Waals surface area contributed by atoms with E-state index in [-0.39, 0.29) is 0 Å². The van der Waals surface area contributed by atoms with Crippen molar-refractivity contribution < 1.29 is 10.2 Å². The highest BCUT2D eigenvalue weighted by atomic mass is 16.3. The Balaban J connectivity index is 1.52. The Labute approximate surface area is 193 Å². The van der Waals surface area contributed by atoms with Gasteiger partial charge in [0, 0.05) is 0 Å².